The van der Waals surface area contributed by atoms with Crippen LogP contribution in [0.15, 0.2) is 48.7 Å². The molecule has 2 aromatic rings. The molecule has 0 aliphatic heterocycles. The van der Waals surface area contributed by atoms with Gasteiger partial charge in [-0.25, -0.2) is 0 Å². The maximum Gasteiger partial charge on any atom is 1.00 e. The van der Waals surface area contributed by atoms with E-state index < -0.39 is 0 Å². The minimum atomic E-state index is 0. The molecule has 0 bridgehead atoms. The smallest absolute Gasteiger partial charge is 0.872 e. The van der Waals surface area contributed by atoms with Crippen LogP contribution in [-0.4, -0.2) is 4.98 Å². The molecule has 0 atom stereocenters. The van der Waals surface area contributed by atoms with Gasteiger partial charge in [-0.05, 0) is 17.7 Å². The van der Waals surface area contributed by atoms with Gasteiger partial charge in [-0.2, -0.15) is 0 Å². The fraction of sp³-hybridized carbons (Fsp3) is 0. The van der Waals surface area contributed by atoms with Crippen LogP contribution in [0.1, 0.15) is 0 Å². The third-order valence-corrected chi connectivity index (χ3v) is 1.83. The topological polar surface area (TPSA) is 36.0 Å². The number of rotatable bonds is 1. The van der Waals surface area contributed by atoms with Crippen LogP contribution in [0.2, 0.25) is 0 Å². The van der Waals surface area contributed by atoms with Crippen LogP contribution in [0.3, 0.4) is 0 Å². The average molecular weight is 193 g/mol. The van der Waals surface area contributed by atoms with Gasteiger partial charge in [-0.1, -0.05) is 36.1 Å². The number of aromatic nitrogens is 1. The SMILES string of the molecule is [Na+].[O-]c1ccccc1-c1ccccn1. The van der Waals surface area contributed by atoms with E-state index in [1.807, 2.05) is 24.3 Å². The predicted molar refractivity (Wildman–Crippen MR) is 49.1 cm³/mol. The molecule has 2 nitrogen and oxygen atoms in total. The Bertz CT molecular complexity index is 403. The van der Waals surface area contributed by atoms with Gasteiger partial charge in [0.15, 0.2) is 0 Å². The van der Waals surface area contributed by atoms with Crippen molar-refractivity contribution < 1.29 is 34.7 Å². The molecule has 14 heavy (non-hydrogen) atoms. The van der Waals surface area contributed by atoms with Gasteiger partial charge < -0.3 is 5.11 Å². The van der Waals surface area contributed by atoms with Crippen LogP contribution in [0.5, 0.6) is 5.75 Å². The molecule has 0 fully saturated rings. The molecular weight excluding hydrogens is 185 g/mol. The number of benzene rings is 1. The van der Waals surface area contributed by atoms with Crippen molar-refractivity contribution in [2.45, 2.75) is 0 Å². The molecule has 0 saturated heterocycles. The Labute approximate surface area is 105 Å². The van der Waals surface area contributed by atoms with Gasteiger partial charge in [-0.15, -0.1) is 0 Å². The zero-order valence-electron chi connectivity index (χ0n) is 7.97. The second-order valence-corrected chi connectivity index (χ2v) is 2.71. The summed E-state index contributed by atoms with van der Waals surface area (Å²) in [5.41, 5.74) is 1.39. The summed E-state index contributed by atoms with van der Waals surface area (Å²) in [7, 11) is 0. The van der Waals surface area contributed by atoms with Gasteiger partial charge in [-0.3, -0.25) is 4.98 Å². The summed E-state index contributed by atoms with van der Waals surface area (Å²) in [5, 5.41) is 11.4. The largest absolute Gasteiger partial charge is 1.00 e. The van der Waals surface area contributed by atoms with E-state index >= 15 is 0 Å². The van der Waals surface area contributed by atoms with Crippen molar-refractivity contribution in [1.82, 2.24) is 4.98 Å². The Morgan fingerprint density at radius 2 is 1.64 bits per heavy atom. The van der Waals surface area contributed by atoms with Gasteiger partial charge >= 0.3 is 29.6 Å². The Morgan fingerprint density at radius 3 is 2.29 bits per heavy atom. The van der Waals surface area contributed by atoms with Crippen molar-refractivity contribution >= 4 is 0 Å². The molecule has 3 heteroatoms. The van der Waals surface area contributed by atoms with Gasteiger partial charge in [0.05, 0.1) is 5.69 Å². The van der Waals surface area contributed by atoms with Gasteiger partial charge in [0.2, 0.25) is 0 Å². The van der Waals surface area contributed by atoms with Crippen molar-refractivity contribution in [2.24, 2.45) is 0 Å². The van der Waals surface area contributed by atoms with Crippen LogP contribution >= 0.6 is 0 Å². The van der Waals surface area contributed by atoms with E-state index in [1.54, 1.807) is 24.4 Å². The molecule has 0 N–H and O–H groups in total. The number of nitrogens with zero attached hydrogens (tertiary/aromatic N) is 1. The Hall–Kier alpha value is -0.830. The molecule has 1 aromatic heterocycles. The summed E-state index contributed by atoms with van der Waals surface area (Å²) >= 11 is 0. The molecular formula is C11H8NNaO. The molecule has 0 aliphatic carbocycles. The van der Waals surface area contributed by atoms with E-state index in [2.05, 4.69) is 4.98 Å². The standard InChI is InChI=1S/C11H9NO.Na/c13-11-7-2-1-5-9(11)10-6-3-4-8-12-10;/h1-8,13H;/q;+1/p-1. The van der Waals surface area contributed by atoms with Crippen LogP contribution in [0.4, 0.5) is 0 Å². The van der Waals surface area contributed by atoms with Crippen molar-refractivity contribution in [1.29, 1.82) is 0 Å². The zero-order chi connectivity index (χ0) is 9.10. The second-order valence-electron chi connectivity index (χ2n) is 2.71. The van der Waals surface area contributed by atoms with E-state index in [-0.39, 0.29) is 35.3 Å². The second kappa shape index (κ2) is 5.15. The van der Waals surface area contributed by atoms with E-state index in [9.17, 15) is 5.11 Å². The Balaban J connectivity index is 0.000000980. The van der Waals surface area contributed by atoms with Crippen molar-refractivity contribution in [2.75, 3.05) is 0 Å². The fourth-order valence-corrected chi connectivity index (χ4v) is 1.20. The molecule has 0 amide bonds. The van der Waals surface area contributed by atoms with E-state index in [1.165, 1.54) is 0 Å². The fourth-order valence-electron chi connectivity index (χ4n) is 1.20. The first kappa shape index (κ1) is 11.2. The molecule has 0 aliphatic rings. The van der Waals surface area contributed by atoms with E-state index in [0.717, 1.165) is 5.69 Å². The molecule has 0 radical (unpaired) electrons. The number of hydrogen-bond acceptors (Lipinski definition) is 2. The molecule has 0 saturated carbocycles. The summed E-state index contributed by atoms with van der Waals surface area (Å²) in [6, 6.07) is 12.4. The van der Waals surface area contributed by atoms with Crippen molar-refractivity contribution in [3.63, 3.8) is 0 Å². The molecule has 2 rings (SSSR count). The third kappa shape index (κ3) is 2.35. The summed E-state index contributed by atoms with van der Waals surface area (Å²) in [5.74, 6) is 0.0150. The molecule has 0 spiro atoms. The van der Waals surface area contributed by atoms with Crippen LogP contribution < -0.4 is 34.7 Å². The average Bonchev–Trinajstić information content (AvgIpc) is 2.20. The van der Waals surface area contributed by atoms with E-state index in [4.69, 9.17) is 0 Å². The number of para-hydroxylation sites is 1. The molecule has 0 unspecified atom stereocenters. The van der Waals surface area contributed by atoms with E-state index in [0.29, 0.717) is 5.56 Å². The maximum atomic E-state index is 11.4. The summed E-state index contributed by atoms with van der Waals surface area (Å²) in [6.07, 6.45) is 1.68. The molecule has 1 aromatic carbocycles. The monoisotopic (exact) mass is 193 g/mol. The van der Waals surface area contributed by atoms with Crippen LogP contribution in [0, 0.1) is 0 Å². The van der Waals surface area contributed by atoms with Crippen LogP contribution in [-0.2, 0) is 0 Å². The maximum absolute atomic E-state index is 11.4. The number of hydrogen-bond donors (Lipinski definition) is 0. The zero-order valence-corrected chi connectivity index (χ0v) is 9.97. The first-order valence-corrected chi connectivity index (χ1v) is 4.05. The summed E-state index contributed by atoms with van der Waals surface area (Å²) in [4.78, 5) is 4.11. The van der Waals surface area contributed by atoms with Crippen LogP contribution in [0.25, 0.3) is 11.3 Å². The minimum Gasteiger partial charge on any atom is -0.872 e. The van der Waals surface area contributed by atoms with Gasteiger partial charge in [0.1, 0.15) is 0 Å². The Morgan fingerprint density at radius 1 is 0.929 bits per heavy atom. The number of pyridine rings is 1. The normalized spacial score (nSPS) is 9.14. The van der Waals surface area contributed by atoms with Crippen molar-refractivity contribution in [3.8, 4) is 17.0 Å². The third-order valence-electron chi connectivity index (χ3n) is 1.83. The first-order chi connectivity index (χ1) is 6.38. The predicted octanol–water partition coefficient (Wildman–Crippen LogP) is -1.17. The summed E-state index contributed by atoms with van der Waals surface area (Å²) in [6.45, 7) is 0. The quantitative estimate of drug-likeness (QED) is 0.535. The first-order valence-electron chi connectivity index (χ1n) is 4.05. The van der Waals surface area contributed by atoms with Crippen molar-refractivity contribution in [3.05, 3.63) is 48.7 Å². The summed E-state index contributed by atoms with van der Waals surface area (Å²) < 4.78 is 0. The van der Waals surface area contributed by atoms with Gasteiger partial charge in [0, 0.05) is 6.20 Å². The minimum absolute atomic E-state index is 0. The molecule has 64 valence electrons. The molecule has 1 heterocycles. The van der Waals surface area contributed by atoms with Gasteiger partial charge in [0.25, 0.3) is 0 Å². The Kier molecular flexibility index (Phi) is 4.14.